The molecule has 4 rings (SSSR count). The Labute approximate surface area is 217 Å². The molecule has 1 aliphatic rings. The van der Waals surface area contributed by atoms with E-state index in [0.29, 0.717) is 36.3 Å². The van der Waals surface area contributed by atoms with Crippen molar-refractivity contribution in [2.75, 3.05) is 25.0 Å². The van der Waals surface area contributed by atoms with Crippen molar-refractivity contribution in [2.24, 2.45) is 10.2 Å². The van der Waals surface area contributed by atoms with Crippen LogP contribution in [0.5, 0.6) is 0 Å². The Morgan fingerprint density at radius 2 is 1.76 bits per heavy atom. The number of fused-ring (bicyclic) bond motifs is 1. The highest BCUT2D eigenvalue weighted by Crippen LogP contribution is 2.35. The Hall–Kier alpha value is -4.62. The van der Waals surface area contributed by atoms with Gasteiger partial charge in [0, 0.05) is 38.0 Å². The molecule has 2 amide bonds. The number of aryl methyl sites for hydroxylation is 1. The first-order valence-electron chi connectivity index (χ1n) is 11.3. The number of nitro groups is 1. The van der Waals surface area contributed by atoms with Gasteiger partial charge in [-0.15, -0.1) is 5.11 Å². The number of hydrogen-bond acceptors (Lipinski definition) is 8. The largest absolute Gasteiger partial charge is 0.375 e. The predicted octanol–water partition coefficient (Wildman–Crippen LogP) is 5.97. The molecule has 37 heavy (non-hydrogen) atoms. The molecule has 0 unspecified atom stereocenters. The number of amides is 2. The Bertz CT molecular complexity index is 1460. The fourth-order valence-corrected chi connectivity index (χ4v) is 4.26. The first kappa shape index (κ1) is 25.5. The molecule has 0 aliphatic carbocycles. The lowest BCUT2D eigenvalue weighted by Gasteiger charge is -2.21. The molecule has 0 saturated carbocycles. The van der Waals surface area contributed by atoms with E-state index in [1.54, 1.807) is 30.3 Å². The average Bonchev–Trinajstić information content (AvgIpc) is 3.13. The van der Waals surface area contributed by atoms with Crippen LogP contribution in [-0.4, -0.2) is 41.8 Å². The summed E-state index contributed by atoms with van der Waals surface area (Å²) in [4.78, 5) is 38.7. The number of nitrogens with zero attached hydrogens (tertiary/aromatic N) is 6. The van der Waals surface area contributed by atoms with Crippen LogP contribution in [0.2, 0.25) is 5.02 Å². The summed E-state index contributed by atoms with van der Waals surface area (Å²) in [7, 11) is 1.91. The highest BCUT2D eigenvalue weighted by molar-refractivity contribution is 6.33. The number of rotatable bonds is 8. The van der Waals surface area contributed by atoms with Crippen molar-refractivity contribution in [1.82, 2.24) is 4.90 Å². The third-order valence-corrected chi connectivity index (χ3v) is 6.30. The molecule has 0 bridgehead atoms. The Morgan fingerprint density at radius 1 is 1.08 bits per heavy atom. The molecule has 0 N–H and O–H groups in total. The van der Waals surface area contributed by atoms with Gasteiger partial charge in [0.25, 0.3) is 17.5 Å². The number of benzene rings is 3. The monoisotopic (exact) mass is 516 g/mol. The van der Waals surface area contributed by atoms with Gasteiger partial charge in [0.15, 0.2) is 0 Å². The van der Waals surface area contributed by atoms with Crippen molar-refractivity contribution in [2.45, 2.75) is 13.3 Å². The zero-order valence-electron chi connectivity index (χ0n) is 20.0. The second-order valence-electron chi connectivity index (χ2n) is 8.45. The molecule has 3 aromatic carbocycles. The van der Waals surface area contributed by atoms with Gasteiger partial charge in [0.1, 0.15) is 11.8 Å². The van der Waals surface area contributed by atoms with Crippen LogP contribution in [0.1, 0.15) is 38.3 Å². The normalized spacial score (nSPS) is 12.6. The minimum Gasteiger partial charge on any atom is -0.375 e. The number of hydrogen-bond donors (Lipinski definition) is 0. The van der Waals surface area contributed by atoms with Crippen molar-refractivity contribution in [3.05, 3.63) is 92.0 Å². The molecule has 0 fully saturated rings. The van der Waals surface area contributed by atoms with Crippen molar-refractivity contribution < 1.29 is 14.5 Å². The van der Waals surface area contributed by atoms with Gasteiger partial charge in [-0.05, 0) is 49.2 Å². The van der Waals surface area contributed by atoms with Gasteiger partial charge in [0.05, 0.1) is 32.3 Å². The molecule has 3 aromatic rings. The first-order chi connectivity index (χ1) is 17.7. The number of carbonyl (C=O) groups excluding carboxylic acids is 2. The number of nitro benzene ring substituents is 1. The number of anilines is 1. The second kappa shape index (κ2) is 10.6. The van der Waals surface area contributed by atoms with Crippen LogP contribution in [0.4, 0.5) is 22.7 Å². The molecule has 0 atom stereocenters. The minimum atomic E-state index is -0.632. The summed E-state index contributed by atoms with van der Waals surface area (Å²) >= 11 is 6.11. The summed E-state index contributed by atoms with van der Waals surface area (Å²) in [6, 6.07) is 16.5. The molecule has 10 nitrogen and oxygen atoms in total. The molecule has 0 aromatic heterocycles. The lowest BCUT2D eigenvalue weighted by molar-refractivity contribution is -0.384. The zero-order valence-corrected chi connectivity index (χ0v) is 20.8. The fourth-order valence-electron chi connectivity index (χ4n) is 4.01. The van der Waals surface area contributed by atoms with Crippen LogP contribution in [0.3, 0.4) is 0 Å². The Balaban J connectivity index is 1.41. The Kier molecular flexibility index (Phi) is 7.27. The fraction of sp³-hybridized carbons (Fsp3) is 0.192. The molecule has 1 heterocycles. The van der Waals surface area contributed by atoms with Gasteiger partial charge in [0.2, 0.25) is 0 Å². The van der Waals surface area contributed by atoms with Crippen molar-refractivity contribution >= 4 is 46.2 Å². The van der Waals surface area contributed by atoms with Gasteiger partial charge in [-0.25, -0.2) is 0 Å². The summed E-state index contributed by atoms with van der Waals surface area (Å²) in [6.07, 6.45) is 0.595. The van der Waals surface area contributed by atoms with E-state index >= 15 is 0 Å². The maximum atomic E-state index is 12.5. The standard InChI is InChI=1S/C26H21ClN6O4/c1-16-12-18(31(2)10-5-11-32-25(34)20-6-3-4-7-21(20)26(32)35)8-9-23(16)29-30-24-17(15-28)13-19(33(36)37)14-22(24)27/h3-4,6-9,12-14H,5,10-11H2,1-2H3. The summed E-state index contributed by atoms with van der Waals surface area (Å²) < 4.78 is 0. The van der Waals surface area contributed by atoms with E-state index in [1.165, 1.54) is 4.90 Å². The highest BCUT2D eigenvalue weighted by Gasteiger charge is 2.34. The molecular weight excluding hydrogens is 496 g/mol. The van der Waals surface area contributed by atoms with E-state index in [4.69, 9.17) is 11.6 Å². The van der Waals surface area contributed by atoms with E-state index in [1.807, 2.05) is 37.1 Å². The minimum absolute atomic E-state index is 0.0402. The number of azo groups is 1. The van der Waals surface area contributed by atoms with Crippen LogP contribution in [0, 0.1) is 28.4 Å². The number of nitriles is 1. The first-order valence-corrected chi connectivity index (χ1v) is 11.7. The van der Waals surface area contributed by atoms with Gasteiger partial charge in [-0.3, -0.25) is 24.6 Å². The summed E-state index contributed by atoms with van der Waals surface area (Å²) in [5.74, 6) is -0.525. The van der Waals surface area contributed by atoms with E-state index in [-0.39, 0.29) is 33.8 Å². The number of halogens is 1. The van der Waals surface area contributed by atoms with Crippen LogP contribution in [0.25, 0.3) is 0 Å². The van der Waals surface area contributed by atoms with Crippen LogP contribution in [-0.2, 0) is 0 Å². The van der Waals surface area contributed by atoms with Gasteiger partial charge in [-0.2, -0.15) is 10.4 Å². The molecule has 1 aliphatic heterocycles. The van der Waals surface area contributed by atoms with E-state index in [9.17, 15) is 25.0 Å². The van der Waals surface area contributed by atoms with Crippen molar-refractivity contribution in [3.8, 4) is 6.07 Å². The van der Waals surface area contributed by atoms with Crippen LogP contribution >= 0.6 is 11.6 Å². The second-order valence-corrected chi connectivity index (χ2v) is 8.85. The highest BCUT2D eigenvalue weighted by atomic mass is 35.5. The summed E-state index contributed by atoms with van der Waals surface area (Å²) in [6.45, 7) is 2.78. The molecule has 186 valence electrons. The van der Waals surface area contributed by atoms with Crippen molar-refractivity contribution in [3.63, 3.8) is 0 Å². The number of imide groups is 1. The maximum Gasteiger partial charge on any atom is 0.272 e. The maximum absolute atomic E-state index is 12.5. The third-order valence-electron chi connectivity index (χ3n) is 6.01. The SMILES string of the molecule is Cc1cc(N(C)CCCN2C(=O)c3ccccc3C2=O)ccc1N=Nc1c(Cl)cc([N+](=O)[O-])cc1C#N. The third kappa shape index (κ3) is 5.17. The molecule has 0 spiro atoms. The van der Waals surface area contributed by atoms with Crippen LogP contribution in [0.15, 0.2) is 64.8 Å². The molecule has 0 saturated heterocycles. The van der Waals surface area contributed by atoms with Gasteiger partial charge in [-0.1, -0.05) is 23.7 Å². The Morgan fingerprint density at radius 3 is 2.35 bits per heavy atom. The lowest BCUT2D eigenvalue weighted by Crippen LogP contribution is -2.32. The molecular formula is C26H21ClN6O4. The van der Waals surface area contributed by atoms with Gasteiger partial charge < -0.3 is 4.90 Å². The summed E-state index contributed by atoms with van der Waals surface area (Å²) in [5.41, 5.74) is 2.86. The predicted molar refractivity (Wildman–Crippen MR) is 138 cm³/mol. The van der Waals surface area contributed by atoms with E-state index in [0.717, 1.165) is 23.4 Å². The molecule has 0 radical (unpaired) electrons. The quantitative estimate of drug-likeness (QED) is 0.157. The van der Waals surface area contributed by atoms with E-state index in [2.05, 4.69) is 10.2 Å². The number of non-ortho nitro benzene ring substituents is 1. The average molecular weight is 517 g/mol. The lowest BCUT2D eigenvalue weighted by atomic mass is 10.1. The van der Waals surface area contributed by atoms with E-state index < -0.39 is 4.92 Å². The smallest absolute Gasteiger partial charge is 0.272 e. The summed E-state index contributed by atoms with van der Waals surface area (Å²) in [5, 5.41) is 28.6. The molecule has 11 heteroatoms. The topological polar surface area (TPSA) is 132 Å². The van der Waals surface area contributed by atoms with Gasteiger partial charge >= 0.3 is 0 Å². The van der Waals surface area contributed by atoms with Crippen molar-refractivity contribution in [1.29, 1.82) is 5.26 Å². The number of carbonyl (C=O) groups is 2. The zero-order chi connectivity index (χ0) is 26.7. The van der Waals surface area contributed by atoms with Crippen LogP contribution < -0.4 is 4.90 Å².